The summed E-state index contributed by atoms with van der Waals surface area (Å²) in [5.41, 5.74) is 6.33. The molecule has 0 spiro atoms. The lowest BCUT2D eigenvalue weighted by molar-refractivity contribution is 0.0946. The number of rotatable bonds is 4. The van der Waals surface area contributed by atoms with Crippen LogP contribution in [0.1, 0.15) is 24.2 Å². The quantitative estimate of drug-likeness (QED) is 0.806. The number of nitrogens with two attached hydrogens (primary N) is 1. The van der Waals surface area contributed by atoms with Gasteiger partial charge in [-0.2, -0.15) is 5.10 Å². The molecular formula is C12H15N5OS. The van der Waals surface area contributed by atoms with Gasteiger partial charge in [0.15, 0.2) is 0 Å². The molecule has 0 aromatic carbocycles. The van der Waals surface area contributed by atoms with E-state index in [1.54, 1.807) is 23.1 Å². The second-order valence-electron chi connectivity index (χ2n) is 4.90. The van der Waals surface area contributed by atoms with Gasteiger partial charge in [0.2, 0.25) is 0 Å². The molecule has 0 aliphatic carbocycles. The first-order chi connectivity index (χ1) is 8.92. The largest absolute Gasteiger partial charge is 0.393 e. The maximum absolute atomic E-state index is 12.1. The number of hydrogen-bond acceptors (Lipinski definition) is 4. The van der Waals surface area contributed by atoms with Crippen LogP contribution in [-0.4, -0.2) is 32.0 Å². The number of thiocarbonyl (C=S) groups is 1. The van der Waals surface area contributed by atoms with Crippen LogP contribution in [0.2, 0.25) is 0 Å². The monoisotopic (exact) mass is 277 g/mol. The Morgan fingerprint density at radius 3 is 2.95 bits per heavy atom. The fraction of sp³-hybridized carbons (Fsp3) is 0.333. The highest BCUT2D eigenvalue weighted by Crippen LogP contribution is 2.14. The molecule has 0 saturated carbocycles. The third-order valence-corrected chi connectivity index (χ3v) is 3.48. The number of amides is 1. The van der Waals surface area contributed by atoms with Crippen molar-refractivity contribution in [3.8, 4) is 0 Å². The Kier molecular flexibility index (Phi) is 3.48. The zero-order chi connectivity index (χ0) is 14.0. The molecule has 0 atom stereocenters. The highest BCUT2D eigenvalue weighted by atomic mass is 32.1. The number of carbonyl (C=O) groups excluding carboxylic acids is 1. The second kappa shape index (κ2) is 4.93. The molecule has 0 radical (unpaired) electrons. The minimum Gasteiger partial charge on any atom is -0.393 e. The Labute approximate surface area is 116 Å². The van der Waals surface area contributed by atoms with Gasteiger partial charge in [0.25, 0.3) is 5.91 Å². The van der Waals surface area contributed by atoms with Crippen molar-refractivity contribution in [2.24, 2.45) is 11.1 Å². The maximum atomic E-state index is 12.1. The van der Waals surface area contributed by atoms with Crippen molar-refractivity contribution in [3.63, 3.8) is 0 Å². The third kappa shape index (κ3) is 2.70. The van der Waals surface area contributed by atoms with Crippen LogP contribution in [-0.2, 0) is 0 Å². The van der Waals surface area contributed by atoms with Crippen LogP contribution in [0.5, 0.6) is 0 Å². The third-order valence-electron chi connectivity index (χ3n) is 2.93. The lowest BCUT2D eigenvalue weighted by Crippen LogP contribution is -2.41. The summed E-state index contributed by atoms with van der Waals surface area (Å²) >= 11 is 4.96. The van der Waals surface area contributed by atoms with E-state index in [0.29, 0.717) is 22.6 Å². The van der Waals surface area contributed by atoms with Gasteiger partial charge in [0.1, 0.15) is 0 Å². The Bertz CT molecular complexity index is 634. The van der Waals surface area contributed by atoms with Gasteiger partial charge in [-0.15, -0.1) is 0 Å². The molecule has 2 rings (SSSR count). The summed E-state index contributed by atoms with van der Waals surface area (Å²) in [6.07, 6.45) is 6.41. The molecule has 2 aromatic heterocycles. The average molecular weight is 277 g/mol. The number of fused-ring (bicyclic) bond motifs is 1. The minimum absolute atomic E-state index is 0.215. The molecule has 100 valence electrons. The average Bonchev–Trinajstić information content (AvgIpc) is 2.79. The molecule has 3 N–H and O–H groups in total. The van der Waals surface area contributed by atoms with E-state index in [-0.39, 0.29) is 5.91 Å². The molecule has 0 unspecified atom stereocenters. The predicted molar refractivity (Wildman–Crippen MR) is 75.9 cm³/mol. The Balaban J connectivity index is 2.15. The smallest absolute Gasteiger partial charge is 0.255 e. The fourth-order valence-electron chi connectivity index (χ4n) is 1.49. The summed E-state index contributed by atoms with van der Waals surface area (Å²) < 4.78 is 1.60. The molecule has 7 heteroatoms. The van der Waals surface area contributed by atoms with E-state index < -0.39 is 5.41 Å². The lowest BCUT2D eigenvalue weighted by atomic mass is 9.93. The van der Waals surface area contributed by atoms with Gasteiger partial charge >= 0.3 is 0 Å². The van der Waals surface area contributed by atoms with Crippen molar-refractivity contribution in [3.05, 3.63) is 30.4 Å². The Hall–Kier alpha value is -2.02. The first-order valence-electron chi connectivity index (χ1n) is 5.77. The van der Waals surface area contributed by atoms with Gasteiger partial charge < -0.3 is 11.1 Å². The molecule has 0 saturated heterocycles. The SMILES string of the molecule is CC(C)(CNC(=O)c1cnn2ccncc12)C(N)=S. The van der Waals surface area contributed by atoms with Crippen LogP contribution in [0.4, 0.5) is 0 Å². The zero-order valence-corrected chi connectivity index (χ0v) is 11.6. The molecule has 0 bridgehead atoms. The second-order valence-corrected chi connectivity index (χ2v) is 5.34. The van der Waals surface area contributed by atoms with Crippen LogP contribution in [0.15, 0.2) is 24.8 Å². The van der Waals surface area contributed by atoms with E-state index in [1.807, 2.05) is 13.8 Å². The van der Waals surface area contributed by atoms with Crippen molar-refractivity contribution >= 4 is 28.6 Å². The topological polar surface area (TPSA) is 85.3 Å². The molecular weight excluding hydrogens is 262 g/mol. The summed E-state index contributed by atoms with van der Waals surface area (Å²) in [4.78, 5) is 16.5. The molecule has 2 aromatic rings. The van der Waals surface area contributed by atoms with Crippen LogP contribution in [0, 0.1) is 5.41 Å². The van der Waals surface area contributed by atoms with Crippen LogP contribution in [0.3, 0.4) is 0 Å². The number of nitrogens with zero attached hydrogens (tertiary/aromatic N) is 3. The minimum atomic E-state index is -0.424. The van der Waals surface area contributed by atoms with E-state index in [0.717, 1.165) is 0 Å². The van der Waals surface area contributed by atoms with Crippen molar-refractivity contribution in [1.29, 1.82) is 0 Å². The lowest BCUT2D eigenvalue weighted by Gasteiger charge is -2.23. The van der Waals surface area contributed by atoms with Crippen LogP contribution >= 0.6 is 12.2 Å². The van der Waals surface area contributed by atoms with Gasteiger partial charge in [0.05, 0.1) is 28.5 Å². The molecule has 1 amide bonds. The highest BCUT2D eigenvalue weighted by molar-refractivity contribution is 7.80. The van der Waals surface area contributed by atoms with Crippen molar-refractivity contribution in [2.45, 2.75) is 13.8 Å². The highest BCUT2D eigenvalue weighted by Gasteiger charge is 2.23. The number of carbonyl (C=O) groups is 1. The van der Waals surface area contributed by atoms with Gasteiger partial charge in [-0.1, -0.05) is 26.1 Å². The molecule has 2 heterocycles. The molecule has 0 fully saturated rings. The van der Waals surface area contributed by atoms with E-state index >= 15 is 0 Å². The molecule has 6 nitrogen and oxygen atoms in total. The van der Waals surface area contributed by atoms with Crippen molar-refractivity contribution in [1.82, 2.24) is 19.9 Å². The predicted octanol–water partition coefficient (Wildman–Crippen LogP) is 0.771. The number of aromatic nitrogens is 3. The summed E-state index contributed by atoms with van der Waals surface area (Å²) in [6.45, 7) is 4.14. The normalized spacial score (nSPS) is 11.5. The van der Waals surface area contributed by atoms with Crippen LogP contribution in [0.25, 0.3) is 5.52 Å². The Morgan fingerprint density at radius 1 is 1.53 bits per heavy atom. The van der Waals surface area contributed by atoms with E-state index in [9.17, 15) is 4.79 Å². The standard InChI is InChI=1S/C12H15N5OS/c1-12(2,11(13)19)7-15-10(18)8-5-16-17-4-3-14-6-9(8)17/h3-6H,7H2,1-2H3,(H2,13,19)(H,15,18). The zero-order valence-electron chi connectivity index (χ0n) is 10.8. The summed E-state index contributed by atoms with van der Waals surface area (Å²) in [5, 5.41) is 6.90. The van der Waals surface area contributed by atoms with Gasteiger partial charge in [-0.25, -0.2) is 4.52 Å². The molecule has 0 aliphatic heterocycles. The van der Waals surface area contributed by atoms with E-state index in [2.05, 4.69) is 15.4 Å². The van der Waals surface area contributed by atoms with Gasteiger partial charge in [-0.3, -0.25) is 9.78 Å². The van der Waals surface area contributed by atoms with E-state index in [4.69, 9.17) is 18.0 Å². The van der Waals surface area contributed by atoms with E-state index in [1.165, 1.54) is 6.20 Å². The van der Waals surface area contributed by atoms with Crippen LogP contribution < -0.4 is 11.1 Å². The summed E-state index contributed by atoms with van der Waals surface area (Å²) in [7, 11) is 0. The molecule has 19 heavy (non-hydrogen) atoms. The number of hydrogen-bond donors (Lipinski definition) is 2. The first kappa shape index (κ1) is 13.4. The van der Waals surface area contributed by atoms with Crippen molar-refractivity contribution in [2.75, 3.05) is 6.54 Å². The van der Waals surface area contributed by atoms with Gasteiger partial charge in [0, 0.05) is 24.4 Å². The summed E-state index contributed by atoms with van der Waals surface area (Å²) in [5.74, 6) is -0.215. The van der Waals surface area contributed by atoms with Gasteiger partial charge in [-0.05, 0) is 0 Å². The molecule has 0 aliphatic rings. The summed E-state index contributed by atoms with van der Waals surface area (Å²) in [6, 6.07) is 0. The number of nitrogens with one attached hydrogen (secondary N) is 1. The maximum Gasteiger partial charge on any atom is 0.255 e. The first-order valence-corrected chi connectivity index (χ1v) is 6.18. The van der Waals surface area contributed by atoms with Crippen molar-refractivity contribution < 1.29 is 4.79 Å². The fourth-order valence-corrected chi connectivity index (χ4v) is 1.57. The Morgan fingerprint density at radius 2 is 2.26 bits per heavy atom.